The molecule has 0 aliphatic heterocycles. The molecule has 0 saturated heterocycles. The summed E-state index contributed by atoms with van der Waals surface area (Å²) in [5.74, 6) is 1.02. The molecule has 0 amide bonds. The Kier molecular flexibility index (Phi) is 3.96. The molecule has 2 N–H and O–H groups in total. The van der Waals surface area contributed by atoms with Gasteiger partial charge in [-0.3, -0.25) is 0 Å². The third-order valence-corrected chi connectivity index (χ3v) is 2.61. The van der Waals surface area contributed by atoms with Gasteiger partial charge >= 0.3 is 0 Å². The summed E-state index contributed by atoms with van der Waals surface area (Å²) >= 11 is 4.93. The van der Waals surface area contributed by atoms with Gasteiger partial charge in [0, 0.05) is 19.5 Å². The van der Waals surface area contributed by atoms with Crippen LogP contribution in [0.1, 0.15) is 12.5 Å². The van der Waals surface area contributed by atoms with Crippen molar-refractivity contribution in [2.24, 2.45) is 11.7 Å². The zero-order chi connectivity index (χ0) is 11.4. The van der Waals surface area contributed by atoms with E-state index in [1.165, 1.54) is 0 Å². The molecule has 15 heavy (non-hydrogen) atoms. The smallest absolute Gasteiger partial charge is 0.151 e. The fraction of sp³-hybridized carbons (Fsp3) is 0.500. The Labute approximate surface area is 95.5 Å². The maximum absolute atomic E-state index is 5.56. The average molecular weight is 224 g/mol. The van der Waals surface area contributed by atoms with Gasteiger partial charge in [0.15, 0.2) is 5.82 Å². The molecule has 0 fully saturated rings. The predicted octanol–water partition coefficient (Wildman–Crippen LogP) is 1.14. The van der Waals surface area contributed by atoms with Gasteiger partial charge in [-0.2, -0.15) is 5.10 Å². The van der Waals surface area contributed by atoms with Crippen molar-refractivity contribution in [3.8, 4) is 0 Å². The minimum absolute atomic E-state index is 0.173. The summed E-state index contributed by atoms with van der Waals surface area (Å²) in [4.78, 5) is 2.53. The maximum Gasteiger partial charge on any atom is 0.151 e. The van der Waals surface area contributed by atoms with E-state index < -0.39 is 0 Å². The largest absolute Gasteiger partial charge is 0.393 e. The van der Waals surface area contributed by atoms with Gasteiger partial charge in [-0.1, -0.05) is 19.1 Å². The number of anilines is 1. The first-order valence-corrected chi connectivity index (χ1v) is 5.21. The van der Waals surface area contributed by atoms with Crippen molar-refractivity contribution in [2.75, 3.05) is 18.5 Å². The molecule has 1 atom stereocenters. The Morgan fingerprint density at radius 2 is 2.33 bits per heavy atom. The summed E-state index contributed by atoms with van der Waals surface area (Å²) in [6.45, 7) is 4.75. The van der Waals surface area contributed by atoms with E-state index in [4.69, 9.17) is 18.0 Å². The predicted molar refractivity (Wildman–Crippen MR) is 66.0 cm³/mol. The first kappa shape index (κ1) is 11.8. The highest BCUT2D eigenvalue weighted by Crippen LogP contribution is 2.10. The number of nitrogens with two attached hydrogens (primary N) is 1. The fourth-order valence-electron chi connectivity index (χ4n) is 1.23. The number of aromatic nitrogens is 2. The summed E-state index contributed by atoms with van der Waals surface area (Å²) in [6, 6.07) is 1.99. The molecule has 0 aliphatic carbocycles. The Balaban J connectivity index is 2.68. The Hall–Kier alpha value is -1.23. The second kappa shape index (κ2) is 5.02. The first-order chi connectivity index (χ1) is 7.00. The number of aryl methyl sites for hydroxylation is 1. The van der Waals surface area contributed by atoms with Crippen LogP contribution in [0.4, 0.5) is 5.82 Å². The lowest BCUT2D eigenvalue weighted by molar-refractivity contribution is 0.728. The van der Waals surface area contributed by atoms with Crippen LogP contribution < -0.4 is 10.6 Å². The van der Waals surface area contributed by atoms with E-state index in [1.807, 2.05) is 31.9 Å². The summed E-state index contributed by atoms with van der Waals surface area (Å²) in [5, 5.41) is 7.95. The highest BCUT2D eigenvalue weighted by Gasteiger charge is 2.10. The van der Waals surface area contributed by atoms with Crippen molar-refractivity contribution >= 4 is 23.0 Å². The average Bonchev–Trinajstić information content (AvgIpc) is 2.17. The van der Waals surface area contributed by atoms with Gasteiger partial charge in [0.25, 0.3) is 0 Å². The van der Waals surface area contributed by atoms with Gasteiger partial charge in [-0.25, -0.2) is 0 Å². The van der Waals surface area contributed by atoms with Crippen LogP contribution in [0.5, 0.6) is 0 Å². The first-order valence-electron chi connectivity index (χ1n) is 4.80. The monoisotopic (exact) mass is 224 g/mol. The Bertz CT molecular complexity index is 353. The van der Waals surface area contributed by atoms with Gasteiger partial charge in [-0.15, -0.1) is 5.10 Å². The van der Waals surface area contributed by atoms with Crippen LogP contribution in [0.3, 0.4) is 0 Å². The van der Waals surface area contributed by atoms with Gasteiger partial charge in [0.05, 0.1) is 11.2 Å². The summed E-state index contributed by atoms with van der Waals surface area (Å²) < 4.78 is 0. The van der Waals surface area contributed by atoms with Crippen molar-refractivity contribution in [1.82, 2.24) is 10.2 Å². The normalized spacial score (nSPS) is 12.2. The number of hydrogen-bond donors (Lipinski definition) is 1. The highest BCUT2D eigenvalue weighted by molar-refractivity contribution is 7.80. The third-order valence-electron chi connectivity index (χ3n) is 2.20. The highest BCUT2D eigenvalue weighted by atomic mass is 32.1. The number of rotatable bonds is 4. The Morgan fingerprint density at radius 3 is 2.87 bits per heavy atom. The molecule has 0 saturated carbocycles. The quantitative estimate of drug-likeness (QED) is 0.777. The molecule has 0 spiro atoms. The van der Waals surface area contributed by atoms with E-state index in [-0.39, 0.29) is 5.92 Å². The summed E-state index contributed by atoms with van der Waals surface area (Å²) in [6.07, 6.45) is 1.73. The number of nitrogens with zero attached hydrogens (tertiary/aromatic N) is 3. The van der Waals surface area contributed by atoms with E-state index in [2.05, 4.69) is 10.2 Å². The lowest BCUT2D eigenvalue weighted by atomic mass is 10.1. The maximum atomic E-state index is 5.56. The van der Waals surface area contributed by atoms with Crippen molar-refractivity contribution < 1.29 is 0 Å². The molecule has 1 rings (SSSR count). The molecular weight excluding hydrogens is 208 g/mol. The molecule has 5 heteroatoms. The van der Waals surface area contributed by atoms with E-state index in [0.717, 1.165) is 17.9 Å². The van der Waals surface area contributed by atoms with E-state index in [9.17, 15) is 0 Å². The van der Waals surface area contributed by atoms with Crippen LogP contribution in [0.25, 0.3) is 0 Å². The minimum atomic E-state index is 0.173. The van der Waals surface area contributed by atoms with Crippen molar-refractivity contribution in [3.05, 3.63) is 17.8 Å². The van der Waals surface area contributed by atoms with Crippen molar-refractivity contribution in [3.63, 3.8) is 0 Å². The van der Waals surface area contributed by atoms with Crippen LogP contribution in [0.2, 0.25) is 0 Å². The van der Waals surface area contributed by atoms with E-state index in [0.29, 0.717) is 4.99 Å². The van der Waals surface area contributed by atoms with Crippen molar-refractivity contribution in [1.29, 1.82) is 0 Å². The molecule has 0 bridgehead atoms. The zero-order valence-electron chi connectivity index (χ0n) is 9.27. The summed E-state index contributed by atoms with van der Waals surface area (Å²) in [7, 11) is 1.96. The molecule has 1 unspecified atom stereocenters. The standard InChI is InChI=1S/C10H16N4S/c1-7-4-9(13-12-5-7)14(3)6-8(2)10(11)15/h4-5,8H,6H2,1-3H3,(H2,11,15). The molecular formula is C10H16N4S. The van der Waals surface area contributed by atoms with Crippen LogP contribution in [-0.4, -0.2) is 28.8 Å². The number of hydrogen-bond acceptors (Lipinski definition) is 4. The Morgan fingerprint density at radius 1 is 1.67 bits per heavy atom. The SMILES string of the molecule is Cc1cnnc(N(C)CC(C)C(N)=S)c1. The van der Waals surface area contributed by atoms with Crippen LogP contribution in [-0.2, 0) is 0 Å². The molecule has 82 valence electrons. The number of thiocarbonyl (C=S) groups is 1. The topological polar surface area (TPSA) is 55.0 Å². The lowest BCUT2D eigenvalue weighted by Crippen LogP contribution is -2.31. The van der Waals surface area contributed by atoms with Gasteiger partial charge in [0.1, 0.15) is 0 Å². The van der Waals surface area contributed by atoms with Gasteiger partial charge in [-0.05, 0) is 18.6 Å². The van der Waals surface area contributed by atoms with Crippen LogP contribution in [0, 0.1) is 12.8 Å². The van der Waals surface area contributed by atoms with Crippen molar-refractivity contribution in [2.45, 2.75) is 13.8 Å². The molecule has 4 nitrogen and oxygen atoms in total. The van der Waals surface area contributed by atoms with Gasteiger partial charge in [0.2, 0.25) is 0 Å². The zero-order valence-corrected chi connectivity index (χ0v) is 10.1. The third kappa shape index (κ3) is 3.43. The molecule has 1 aromatic heterocycles. The molecule has 0 aromatic carbocycles. The molecule has 1 aromatic rings. The second-order valence-corrected chi connectivity index (χ2v) is 4.25. The van der Waals surface area contributed by atoms with Gasteiger partial charge < -0.3 is 10.6 Å². The van der Waals surface area contributed by atoms with Crippen LogP contribution in [0.15, 0.2) is 12.3 Å². The molecule has 1 heterocycles. The van der Waals surface area contributed by atoms with E-state index >= 15 is 0 Å². The minimum Gasteiger partial charge on any atom is -0.393 e. The summed E-state index contributed by atoms with van der Waals surface area (Å²) in [5.41, 5.74) is 6.65. The second-order valence-electron chi connectivity index (χ2n) is 3.78. The van der Waals surface area contributed by atoms with E-state index in [1.54, 1.807) is 6.20 Å². The lowest BCUT2D eigenvalue weighted by Gasteiger charge is -2.21. The van der Waals surface area contributed by atoms with Crippen LogP contribution >= 0.6 is 12.2 Å². The molecule has 0 aliphatic rings. The fourth-order valence-corrected chi connectivity index (χ4v) is 1.30. The molecule has 0 radical (unpaired) electrons.